The first kappa shape index (κ1) is 17.0. The number of carboxylic acid groups (broad SMARTS) is 1. The van der Waals surface area contributed by atoms with E-state index in [2.05, 4.69) is 6.92 Å². The molecule has 3 nitrogen and oxygen atoms in total. The lowest BCUT2D eigenvalue weighted by Crippen LogP contribution is -1.97. The summed E-state index contributed by atoms with van der Waals surface area (Å²) in [6.45, 7) is 4.11. The quantitative estimate of drug-likeness (QED) is 0.593. The minimum atomic E-state index is -0.932. The molecule has 25 heavy (non-hydrogen) atoms. The molecule has 3 aromatic rings. The van der Waals surface area contributed by atoms with Crippen LogP contribution in [-0.4, -0.2) is 11.1 Å². The molecule has 4 heteroatoms. The molecule has 0 amide bonds. The number of carbonyl (C=O) groups is 1. The Kier molecular flexibility index (Phi) is 5.00. The summed E-state index contributed by atoms with van der Waals surface area (Å²) in [5.41, 5.74) is 3.51. The standard InChI is InChI=1S/C21H18O3S/c1-14-5-8-18(12-15(14)2)24-17-9-6-16(7-10-17)13-19(21(22)23)20-4-3-11-25-20/h3-13H,1-2H3,(H,22,23)/b19-13+. The SMILES string of the molecule is Cc1ccc(Oc2ccc(/C=C(/C(=O)O)c3cccs3)cc2)cc1C. The molecular weight excluding hydrogens is 332 g/mol. The number of hydrogen-bond acceptors (Lipinski definition) is 3. The number of aliphatic carboxylic acids is 1. The van der Waals surface area contributed by atoms with Crippen LogP contribution >= 0.6 is 11.3 Å². The van der Waals surface area contributed by atoms with E-state index in [1.807, 2.05) is 66.9 Å². The van der Waals surface area contributed by atoms with E-state index in [1.54, 1.807) is 6.08 Å². The first-order valence-corrected chi connectivity index (χ1v) is 8.75. The monoisotopic (exact) mass is 350 g/mol. The van der Waals surface area contributed by atoms with Crippen LogP contribution in [0.1, 0.15) is 21.6 Å². The molecule has 1 N–H and O–H groups in total. The van der Waals surface area contributed by atoms with Gasteiger partial charge < -0.3 is 9.84 Å². The Morgan fingerprint density at radius 1 is 1.00 bits per heavy atom. The molecule has 0 bridgehead atoms. The van der Waals surface area contributed by atoms with Crippen LogP contribution in [0.2, 0.25) is 0 Å². The lowest BCUT2D eigenvalue weighted by molar-refractivity contribution is -0.130. The van der Waals surface area contributed by atoms with Gasteiger partial charge >= 0.3 is 5.97 Å². The molecule has 0 radical (unpaired) electrons. The minimum absolute atomic E-state index is 0.290. The van der Waals surface area contributed by atoms with Crippen LogP contribution in [0, 0.1) is 13.8 Å². The Morgan fingerprint density at radius 3 is 2.32 bits per heavy atom. The second kappa shape index (κ2) is 7.36. The highest BCUT2D eigenvalue weighted by atomic mass is 32.1. The molecular formula is C21H18O3S. The summed E-state index contributed by atoms with van der Waals surface area (Å²) in [6.07, 6.45) is 1.67. The van der Waals surface area contributed by atoms with Crippen molar-refractivity contribution in [2.75, 3.05) is 0 Å². The number of rotatable bonds is 5. The topological polar surface area (TPSA) is 46.5 Å². The summed E-state index contributed by atoms with van der Waals surface area (Å²) in [4.78, 5) is 12.2. The fourth-order valence-corrected chi connectivity index (χ4v) is 3.12. The van der Waals surface area contributed by atoms with E-state index in [0.717, 1.165) is 16.2 Å². The molecule has 2 aromatic carbocycles. The minimum Gasteiger partial charge on any atom is -0.478 e. The largest absolute Gasteiger partial charge is 0.478 e. The summed E-state index contributed by atoms with van der Waals surface area (Å²) >= 11 is 1.41. The Morgan fingerprint density at radius 2 is 1.72 bits per heavy atom. The van der Waals surface area contributed by atoms with E-state index in [4.69, 9.17) is 4.74 Å². The van der Waals surface area contributed by atoms with Crippen molar-refractivity contribution in [3.63, 3.8) is 0 Å². The highest BCUT2D eigenvalue weighted by Gasteiger charge is 2.11. The zero-order chi connectivity index (χ0) is 17.8. The van der Waals surface area contributed by atoms with Gasteiger partial charge in [-0.1, -0.05) is 24.3 Å². The maximum absolute atomic E-state index is 11.5. The molecule has 0 aliphatic heterocycles. The van der Waals surface area contributed by atoms with Gasteiger partial charge in [-0.25, -0.2) is 4.79 Å². The predicted molar refractivity (Wildman–Crippen MR) is 102 cm³/mol. The van der Waals surface area contributed by atoms with Crippen LogP contribution in [0.25, 0.3) is 11.6 Å². The van der Waals surface area contributed by atoms with E-state index in [0.29, 0.717) is 5.75 Å². The first-order chi connectivity index (χ1) is 12.0. The molecule has 0 fully saturated rings. The molecule has 1 heterocycles. The number of thiophene rings is 1. The van der Waals surface area contributed by atoms with Gasteiger partial charge in [-0.15, -0.1) is 11.3 Å². The molecule has 0 unspecified atom stereocenters. The Labute approximate surface area is 150 Å². The molecule has 0 saturated carbocycles. The number of ether oxygens (including phenoxy) is 1. The smallest absolute Gasteiger partial charge is 0.337 e. The molecule has 0 spiro atoms. The summed E-state index contributed by atoms with van der Waals surface area (Å²) in [5, 5.41) is 11.3. The van der Waals surface area contributed by atoms with Gasteiger partial charge in [0, 0.05) is 4.88 Å². The summed E-state index contributed by atoms with van der Waals surface area (Å²) < 4.78 is 5.86. The van der Waals surface area contributed by atoms with Gasteiger partial charge in [0.25, 0.3) is 0 Å². The first-order valence-electron chi connectivity index (χ1n) is 7.87. The average Bonchev–Trinajstić information content (AvgIpc) is 3.11. The molecule has 0 saturated heterocycles. The lowest BCUT2D eigenvalue weighted by Gasteiger charge is -2.08. The number of aryl methyl sites for hydroxylation is 2. The van der Waals surface area contributed by atoms with Gasteiger partial charge in [-0.2, -0.15) is 0 Å². The van der Waals surface area contributed by atoms with Crippen LogP contribution in [0.4, 0.5) is 0 Å². The lowest BCUT2D eigenvalue weighted by atomic mass is 10.1. The molecule has 0 atom stereocenters. The van der Waals surface area contributed by atoms with Crippen molar-refractivity contribution in [1.29, 1.82) is 0 Å². The molecule has 0 aliphatic rings. The summed E-state index contributed by atoms with van der Waals surface area (Å²) in [5.74, 6) is 0.572. The van der Waals surface area contributed by atoms with Gasteiger partial charge in [0.2, 0.25) is 0 Å². The second-order valence-corrected chi connectivity index (χ2v) is 6.71. The fraction of sp³-hybridized carbons (Fsp3) is 0.0952. The van der Waals surface area contributed by atoms with E-state index in [9.17, 15) is 9.90 Å². The van der Waals surface area contributed by atoms with E-state index in [-0.39, 0.29) is 5.57 Å². The van der Waals surface area contributed by atoms with Crippen molar-refractivity contribution < 1.29 is 14.6 Å². The van der Waals surface area contributed by atoms with Crippen molar-refractivity contribution in [3.05, 3.63) is 81.5 Å². The fourth-order valence-electron chi connectivity index (χ4n) is 2.38. The van der Waals surface area contributed by atoms with Gasteiger partial charge in [-0.3, -0.25) is 0 Å². The highest BCUT2D eigenvalue weighted by Crippen LogP contribution is 2.26. The van der Waals surface area contributed by atoms with Gasteiger partial charge in [-0.05, 0) is 72.3 Å². The van der Waals surface area contributed by atoms with E-state index in [1.165, 1.54) is 22.5 Å². The number of carboxylic acids is 1. The third-order valence-corrected chi connectivity index (χ3v) is 4.83. The number of benzene rings is 2. The van der Waals surface area contributed by atoms with E-state index >= 15 is 0 Å². The van der Waals surface area contributed by atoms with Crippen molar-refractivity contribution in [3.8, 4) is 11.5 Å². The molecule has 0 aliphatic carbocycles. The van der Waals surface area contributed by atoms with Crippen LogP contribution in [0.5, 0.6) is 11.5 Å². The second-order valence-electron chi connectivity index (χ2n) is 5.76. The Hall–Kier alpha value is -2.85. The highest BCUT2D eigenvalue weighted by molar-refractivity contribution is 7.11. The van der Waals surface area contributed by atoms with Crippen molar-refractivity contribution in [2.45, 2.75) is 13.8 Å². The van der Waals surface area contributed by atoms with Crippen LogP contribution in [0.15, 0.2) is 60.0 Å². The third kappa shape index (κ3) is 4.17. The Balaban J connectivity index is 1.80. The van der Waals surface area contributed by atoms with Crippen molar-refractivity contribution >= 4 is 29.0 Å². The summed E-state index contributed by atoms with van der Waals surface area (Å²) in [7, 11) is 0. The Bertz CT molecular complexity index is 907. The van der Waals surface area contributed by atoms with Crippen molar-refractivity contribution in [1.82, 2.24) is 0 Å². The number of hydrogen-bond donors (Lipinski definition) is 1. The third-order valence-electron chi connectivity index (χ3n) is 3.92. The van der Waals surface area contributed by atoms with Gasteiger partial charge in [0.15, 0.2) is 0 Å². The van der Waals surface area contributed by atoms with E-state index < -0.39 is 5.97 Å². The summed E-state index contributed by atoms with van der Waals surface area (Å²) in [6, 6.07) is 17.0. The zero-order valence-corrected chi connectivity index (χ0v) is 14.8. The predicted octanol–water partition coefficient (Wildman–Crippen LogP) is 5.78. The van der Waals surface area contributed by atoms with Gasteiger partial charge in [0.05, 0.1) is 5.57 Å². The average molecular weight is 350 g/mol. The maximum Gasteiger partial charge on any atom is 0.337 e. The van der Waals surface area contributed by atoms with Crippen LogP contribution < -0.4 is 4.74 Å². The van der Waals surface area contributed by atoms with Crippen LogP contribution in [0.3, 0.4) is 0 Å². The molecule has 1 aromatic heterocycles. The zero-order valence-electron chi connectivity index (χ0n) is 14.0. The van der Waals surface area contributed by atoms with Gasteiger partial charge in [0.1, 0.15) is 11.5 Å². The molecule has 3 rings (SSSR count). The maximum atomic E-state index is 11.5. The van der Waals surface area contributed by atoms with Crippen molar-refractivity contribution in [2.24, 2.45) is 0 Å². The molecule has 126 valence electrons. The van der Waals surface area contributed by atoms with Crippen LogP contribution in [-0.2, 0) is 4.79 Å². The normalized spacial score (nSPS) is 11.4.